The van der Waals surface area contributed by atoms with E-state index in [1.54, 1.807) is 6.08 Å². The molecule has 4 heteroatoms. The zero-order chi connectivity index (χ0) is 21.1. The largest absolute Gasteiger partial charge is 0.370 e. The predicted molar refractivity (Wildman–Crippen MR) is 137 cm³/mol. The van der Waals surface area contributed by atoms with Crippen LogP contribution in [0.15, 0.2) is 24.8 Å². The molecule has 0 spiro atoms. The Morgan fingerprint density at radius 3 is 1.41 bits per heavy atom. The second-order valence-electron chi connectivity index (χ2n) is 7.74. The van der Waals surface area contributed by atoms with E-state index in [-0.39, 0.29) is 22.9 Å². The summed E-state index contributed by atoms with van der Waals surface area (Å²) < 4.78 is 0. The number of carbonyl (C=O) groups is 1. The molecule has 0 saturated heterocycles. The molecule has 0 aromatic rings. The fourth-order valence-electron chi connectivity index (χ4n) is 3.08. The molecule has 174 valence electrons. The zero-order valence-electron chi connectivity index (χ0n) is 19.3. The number of hydrogen-bond donors (Lipinski definition) is 2. The minimum Gasteiger partial charge on any atom is -0.370 e. The molecule has 0 unspecified atom stereocenters. The minimum absolute atomic E-state index is 0. The first-order valence-electron chi connectivity index (χ1n) is 11.9. The van der Waals surface area contributed by atoms with Crippen LogP contribution in [0.5, 0.6) is 0 Å². The Morgan fingerprint density at radius 2 is 1.07 bits per heavy atom. The minimum atomic E-state index is -0.156. The van der Waals surface area contributed by atoms with E-state index in [1.165, 1.54) is 96.3 Å². The van der Waals surface area contributed by atoms with Gasteiger partial charge in [-0.3, -0.25) is 4.79 Å². The van der Waals surface area contributed by atoms with E-state index < -0.39 is 0 Å². The molecule has 0 radical (unpaired) electrons. The number of hydrogen-bond acceptors (Lipinski definition) is 2. The molecule has 0 saturated carbocycles. The van der Waals surface area contributed by atoms with Crippen LogP contribution in [0.3, 0.4) is 0 Å². The van der Waals surface area contributed by atoms with E-state index in [0.29, 0.717) is 13.0 Å². The molecule has 4 N–H and O–H groups in total. The summed E-state index contributed by atoms with van der Waals surface area (Å²) in [7, 11) is 0. The van der Waals surface area contributed by atoms with Crippen LogP contribution in [-0.2, 0) is 4.79 Å². The van der Waals surface area contributed by atoms with Gasteiger partial charge in [-0.25, -0.2) is 0 Å². The topological polar surface area (TPSA) is 69.1 Å². The summed E-state index contributed by atoms with van der Waals surface area (Å²) >= 11 is 0. The van der Waals surface area contributed by atoms with Crippen molar-refractivity contribution in [3.05, 3.63) is 24.8 Å². The van der Waals surface area contributed by atoms with Gasteiger partial charge in [0.05, 0.1) is 0 Å². The Bertz CT molecular complexity index is 346. The molecule has 1 amide bonds. The standard InChI is InChI=1S/C22H43NO.C3H7N.BrH/c1-2-3-4-5-6-7-8-9-10-11-12-13-14-15-16-17-18-19-20-21-22(23)24;1-2-3-4;/h9-10H,2-8,11-21H2,1H3,(H2,23,24);2H,1,3-4H2;1H/b10-9-;;. The number of amides is 1. The summed E-state index contributed by atoms with van der Waals surface area (Å²) in [5.41, 5.74) is 10.0. The van der Waals surface area contributed by atoms with E-state index >= 15 is 0 Å². The highest BCUT2D eigenvalue weighted by atomic mass is 79.9. The third-order valence-electron chi connectivity index (χ3n) is 4.85. The van der Waals surface area contributed by atoms with Crippen molar-refractivity contribution < 1.29 is 4.79 Å². The van der Waals surface area contributed by atoms with Gasteiger partial charge in [0.1, 0.15) is 0 Å². The summed E-state index contributed by atoms with van der Waals surface area (Å²) in [4.78, 5) is 10.6. The molecule has 0 heterocycles. The lowest BCUT2D eigenvalue weighted by atomic mass is 10.1. The average molecular weight is 476 g/mol. The first kappa shape index (κ1) is 33.0. The monoisotopic (exact) mass is 474 g/mol. The maximum atomic E-state index is 10.6. The first-order valence-corrected chi connectivity index (χ1v) is 11.9. The first-order chi connectivity index (χ1) is 13.7. The highest BCUT2D eigenvalue weighted by molar-refractivity contribution is 8.93. The molecule has 0 rings (SSSR count). The number of halogens is 1. The second kappa shape index (κ2) is 32.1. The summed E-state index contributed by atoms with van der Waals surface area (Å²) in [6.07, 6.45) is 29.5. The Labute approximate surface area is 192 Å². The van der Waals surface area contributed by atoms with Crippen LogP contribution in [0.2, 0.25) is 0 Å². The van der Waals surface area contributed by atoms with Crippen molar-refractivity contribution in [2.45, 2.75) is 122 Å². The molecule has 0 aliphatic carbocycles. The molecule has 0 atom stereocenters. The van der Waals surface area contributed by atoms with Crippen LogP contribution in [-0.4, -0.2) is 12.5 Å². The van der Waals surface area contributed by atoms with E-state index in [0.717, 1.165) is 12.8 Å². The van der Waals surface area contributed by atoms with E-state index in [1.807, 2.05) is 0 Å². The molecule has 0 aromatic carbocycles. The highest BCUT2D eigenvalue weighted by Crippen LogP contribution is 2.12. The van der Waals surface area contributed by atoms with Crippen LogP contribution in [0, 0.1) is 0 Å². The molecule has 0 aromatic heterocycles. The van der Waals surface area contributed by atoms with Gasteiger partial charge in [-0.05, 0) is 32.1 Å². The number of carbonyl (C=O) groups excluding carboxylic acids is 1. The fraction of sp³-hybridized carbons (Fsp3) is 0.800. The van der Waals surface area contributed by atoms with Gasteiger partial charge in [-0.2, -0.15) is 0 Å². The summed E-state index contributed by atoms with van der Waals surface area (Å²) in [6, 6.07) is 0. The number of nitrogens with two attached hydrogens (primary N) is 2. The van der Waals surface area contributed by atoms with Crippen molar-refractivity contribution in [2.75, 3.05) is 6.54 Å². The maximum absolute atomic E-state index is 10.6. The van der Waals surface area contributed by atoms with Crippen molar-refractivity contribution >= 4 is 22.9 Å². The van der Waals surface area contributed by atoms with Crippen molar-refractivity contribution in [1.82, 2.24) is 0 Å². The van der Waals surface area contributed by atoms with Gasteiger partial charge in [0.25, 0.3) is 0 Å². The third-order valence-corrected chi connectivity index (χ3v) is 4.85. The van der Waals surface area contributed by atoms with Gasteiger partial charge in [0, 0.05) is 13.0 Å². The van der Waals surface area contributed by atoms with Crippen LogP contribution in [0.4, 0.5) is 0 Å². The molecule has 3 nitrogen and oxygen atoms in total. The van der Waals surface area contributed by atoms with Crippen LogP contribution < -0.4 is 11.5 Å². The van der Waals surface area contributed by atoms with Crippen molar-refractivity contribution in [3.8, 4) is 0 Å². The van der Waals surface area contributed by atoms with Gasteiger partial charge < -0.3 is 11.5 Å². The number of primary amides is 1. The molecule has 29 heavy (non-hydrogen) atoms. The predicted octanol–water partition coefficient (Wildman–Crippen LogP) is 7.78. The molecule has 0 bridgehead atoms. The third kappa shape index (κ3) is 38.6. The summed E-state index contributed by atoms with van der Waals surface area (Å²) in [6.45, 7) is 6.21. The molecular weight excluding hydrogens is 424 g/mol. The lowest BCUT2D eigenvalue weighted by molar-refractivity contribution is -0.118. The highest BCUT2D eigenvalue weighted by Gasteiger charge is 1.95. The molecular formula is C25H51BrN2O. The van der Waals surface area contributed by atoms with Crippen molar-refractivity contribution in [2.24, 2.45) is 11.5 Å². The normalized spacial score (nSPS) is 10.3. The lowest BCUT2D eigenvalue weighted by Crippen LogP contribution is -2.09. The van der Waals surface area contributed by atoms with E-state index in [4.69, 9.17) is 11.5 Å². The number of rotatable bonds is 20. The zero-order valence-corrected chi connectivity index (χ0v) is 21.1. The Hall–Kier alpha value is -0.610. The van der Waals surface area contributed by atoms with Gasteiger partial charge in [-0.15, -0.1) is 23.6 Å². The van der Waals surface area contributed by atoms with E-state index in [9.17, 15) is 4.79 Å². The molecule has 0 aliphatic rings. The smallest absolute Gasteiger partial charge is 0.217 e. The Kier molecular flexibility index (Phi) is 36.5. The van der Waals surface area contributed by atoms with Gasteiger partial charge in [0.2, 0.25) is 5.91 Å². The SMILES string of the molecule is Br.C=CCN.CCCCCCCC/C=C\CCCCCCCCCCCC(N)=O. The number of unbranched alkanes of at least 4 members (excludes halogenated alkanes) is 15. The maximum Gasteiger partial charge on any atom is 0.217 e. The van der Waals surface area contributed by atoms with Crippen LogP contribution in [0.25, 0.3) is 0 Å². The Morgan fingerprint density at radius 1 is 0.724 bits per heavy atom. The Balaban J connectivity index is -0.00000123. The average Bonchev–Trinajstić information content (AvgIpc) is 2.69. The van der Waals surface area contributed by atoms with Gasteiger partial charge in [-0.1, -0.05) is 102 Å². The quantitative estimate of drug-likeness (QED) is 0.139. The summed E-state index contributed by atoms with van der Waals surface area (Å²) in [5, 5.41) is 0. The number of allylic oxidation sites excluding steroid dienone is 2. The summed E-state index contributed by atoms with van der Waals surface area (Å²) in [5.74, 6) is -0.156. The fourth-order valence-corrected chi connectivity index (χ4v) is 3.08. The van der Waals surface area contributed by atoms with Gasteiger partial charge in [0.15, 0.2) is 0 Å². The second-order valence-corrected chi connectivity index (χ2v) is 7.74. The van der Waals surface area contributed by atoms with E-state index in [2.05, 4.69) is 25.7 Å². The molecule has 0 aliphatic heterocycles. The van der Waals surface area contributed by atoms with Crippen molar-refractivity contribution in [1.29, 1.82) is 0 Å². The molecule has 0 fully saturated rings. The van der Waals surface area contributed by atoms with Crippen LogP contribution in [0.1, 0.15) is 122 Å². The van der Waals surface area contributed by atoms with Gasteiger partial charge >= 0.3 is 0 Å². The van der Waals surface area contributed by atoms with Crippen molar-refractivity contribution in [3.63, 3.8) is 0 Å². The lowest BCUT2D eigenvalue weighted by Gasteiger charge is -2.01. The van der Waals surface area contributed by atoms with Crippen LogP contribution >= 0.6 is 17.0 Å².